The average molecular weight is 284 g/mol. The number of hydrogen-bond acceptors (Lipinski definition) is 5. The normalized spacial score (nSPS) is 10.6. The molecule has 2 aromatic carbocycles. The molecular weight excluding hydrogens is 272 g/mol. The molecule has 0 spiro atoms. The van der Waals surface area contributed by atoms with E-state index >= 15 is 0 Å². The smallest absolute Gasteiger partial charge is 0.250 e. The van der Waals surface area contributed by atoms with Crippen molar-refractivity contribution in [1.82, 2.24) is 4.98 Å². The maximum absolute atomic E-state index is 11.4. The zero-order valence-corrected chi connectivity index (χ0v) is 11.3. The molecule has 5 N–H and O–H groups in total. The fraction of sp³-hybridized carbons (Fsp3) is 0. The summed E-state index contributed by atoms with van der Waals surface area (Å²) in [5.74, 6) is -0.527. The van der Waals surface area contributed by atoms with E-state index in [0.717, 1.165) is 10.2 Å². The first kappa shape index (κ1) is 12.4. The SMILES string of the molecule is NC(=O)c1cccc(N)c1Nc1nc2ccccc2s1. The molecule has 0 aliphatic rings. The van der Waals surface area contributed by atoms with E-state index in [-0.39, 0.29) is 0 Å². The molecule has 100 valence electrons. The minimum absolute atomic E-state index is 0.351. The first-order valence-corrected chi connectivity index (χ1v) is 6.77. The first-order chi connectivity index (χ1) is 9.65. The first-order valence-electron chi connectivity index (χ1n) is 5.96. The molecule has 0 unspecified atom stereocenters. The van der Waals surface area contributed by atoms with Crippen molar-refractivity contribution in [3.63, 3.8) is 0 Å². The molecule has 3 rings (SSSR count). The quantitative estimate of drug-likeness (QED) is 0.644. The number of anilines is 3. The van der Waals surface area contributed by atoms with Gasteiger partial charge in [0, 0.05) is 0 Å². The van der Waals surface area contributed by atoms with Gasteiger partial charge in [0.05, 0.1) is 27.2 Å². The fourth-order valence-electron chi connectivity index (χ4n) is 1.95. The Bertz CT molecular complexity index is 764. The van der Waals surface area contributed by atoms with E-state index in [0.29, 0.717) is 22.1 Å². The summed E-state index contributed by atoms with van der Waals surface area (Å²) in [6.07, 6.45) is 0. The highest BCUT2D eigenvalue weighted by molar-refractivity contribution is 7.22. The number of nitrogens with two attached hydrogens (primary N) is 2. The second-order valence-corrected chi connectivity index (χ2v) is 5.28. The van der Waals surface area contributed by atoms with Gasteiger partial charge in [-0.2, -0.15) is 0 Å². The van der Waals surface area contributed by atoms with Crippen LogP contribution in [0.15, 0.2) is 42.5 Å². The molecule has 0 saturated heterocycles. The van der Waals surface area contributed by atoms with Crippen molar-refractivity contribution in [2.24, 2.45) is 5.73 Å². The van der Waals surface area contributed by atoms with Gasteiger partial charge >= 0.3 is 0 Å². The molecular formula is C14H12N4OS. The molecule has 0 radical (unpaired) electrons. The van der Waals surface area contributed by atoms with Gasteiger partial charge in [0.2, 0.25) is 0 Å². The lowest BCUT2D eigenvalue weighted by atomic mass is 10.1. The monoisotopic (exact) mass is 284 g/mol. The minimum atomic E-state index is -0.527. The van der Waals surface area contributed by atoms with E-state index < -0.39 is 5.91 Å². The Balaban J connectivity index is 2.04. The number of para-hydroxylation sites is 2. The number of nitrogens with zero attached hydrogens (tertiary/aromatic N) is 1. The molecule has 0 aliphatic heterocycles. The summed E-state index contributed by atoms with van der Waals surface area (Å²) in [5, 5.41) is 3.77. The molecule has 0 saturated carbocycles. The zero-order valence-electron chi connectivity index (χ0n) is 10.5. The van der Waals surface area contributed by atoms with Crippen LogP contribution in [0.3, 0.4) is 0 Å². The van der Waals surface area contributed by atoms with Gasteiger partial charge in [0.15, 0.2) is 5.13 Å². The van der Waals surface area contributed by atoms with Crippen molar-refractivity contribution in [2.45, 2.75) is 0 Å². The Morgan fingerprint density at radius 2 is 1.95 bits per heavy atom. The van der Waals surface area contributed by atoms with E-state index in [2.05, 4.69) is 10.3 Å². The van der Waals surface area contributed by atoms with Gasteiger partial charge in [0.1, 0.15) is 0 Å². The molecule has 0 atom stereocenters. The minimum Gasteiger partial charge on any atom is -0.397 e. The van der Waals surface area contributed by atoms with Crippen molar-refractivity contribution < 1.29 is 4.79 Å². The number of thiazole rings is 1. The number of amides is 1. The lowest BCUT2D eigenvalue weighted by Gasteiger charge is -2.10. The summed E-state index contributed by atoms with van der Waals surface area (Å²) in [6.45, 7) is 0. The van der Waals surface area contributed by atoms with E-state index in [9.17, 15) is 4.79 Å². The van der Waals surface area contributed by atoms with E-state index in [4.69, 9.17) is 11.5 Å². The average Bonchev–Trinajstić information content (AvgIpc) is 2.83. The van der Waals surface area contributed by atoms with Crippen LogP contribution in [0.5, 0.6) is 0 Å². The number of aromatic nitrogens is 1. The number of primary amides is 1. The summed E-state index contributed by atoms with van der Waals surface area (Å²) in [4.78, 5) is 15.9. The number of carbonyl (C=O) groups is 1. The molecule has 5 nitrogen and oxygen atoms in total. The lowest BCUT2D eigenvalue weighted by molar-refractivity contribution is 0.100. The van der Waals surface area contributed by atoms with Crippen LogP contribution in [0.2, 0.25) is 0 Å². The Hall–Kier alpha value is -2.60. The summed E-state index contributed by atoms with van der Waals surface area (Å²) in [7, 11) is 0. The number of nitrogens with one attached hydrogen (secondary N) is 1. The largest absolute Gasteiger partial charge is 0.397 e. The highest BCUT2D eigenvalue weighted by Gasteiger charge is 2.13. The number of fused-ring (bicyclic) bond motifs is 1. The Kier molecular flexibility index (Phi) is 3.00. The van der Waals surface area contributed by atoms with Crippen LogP contribution in [-0.4, -0.2) is 10.9 Å². The Labute approximate surface area is 119 Å². The predicted octanol–water partition coefficient (Wildman–Crippen LogP) is 2.72. The van der Waals surface area contributed by atoms with Crippen LogP contribution >= 0.6 is 11.3 Å². The molecule has 0 aliphatic carbocycles. The van der Waals surface area contributed by atoms with Gasteiger partial charge in [-0.15, -0.1) is 0 Å². The third-order valence-electron chi connectivity index (χ3n) is 2.89. The van der Waals surface area contributed by atoms with Crippen molar-refractivity contribution in [3.8, 4) is 0 Å². The van der Waals surface area contributed by atoms with Gasteiger partial charge in [-0.1, -0.05) is 29.5 Å². The topological polar surface area (TPSA) is 94.0 Å². The van der Waals surface area contributed by atoms with Crippen LogP contribution in [0.25, 0.3) is 10.2 Å². The van der Waals surface area contributed by atoms with Crippen molar-refractivity contribution >= 4 is 44.0 Å². The summed E-state index contributed by atoms with van der Waals surface area (Å²) in [5.41, 5.74) is 13.5. The maximum Gasteiger partial charge on any atom is 0.250 e. The molecule has 1 aromatic heterocycles. The van der Waals surface area contributed by atoms with Crippen LogP contribution in [0.1, 0.15) is 10.4 Å². The summed E-state index contributed by atoms with van der Waals surface area (Å²) in [6, 6.07) is 12.8. The molecule has 20 heavy (non-hydrogen) atoms. The van der Waals surface area contributed by atoms with Gasteiger partial charge in [-0.05, 0) is 24.3 Å². The van der Waals surface area contributed by atoms with Crippen LogP contribution in [0, 0.1) is 0 Å². The maximum atomic E-state index is 11.4. The molecule has 0 bridgehead atoms. The van der Waals surface area contributed by atoms with Crippen molar-refractivity contribution in [2.75, 3.05) is 11.1 Å². The molecule has 1 heterocycles. The second kappa shape index (κ2) is 4.82. The summed E-state index contributed by atoms with van der Waals surface area (Å²) < 4.78 is 1.06. The van der Waals surface area contributed by atoms with Gasteiger partial charge < -0.3 is 16.8 Å². The third kappa shape index (κ3) is 2.17. The standard InChI is InChI=1S/C14H12N4OS/c15-9-5-3-4-8(13(16)19)12(9)18-14-17-10-6-1-2-7-11(10)20-14/h1-7H,15H2,(H2,16,19)(H,17,18). The predicted molar refractivity (Wildman–Crippen MR) is 82.3 cm³/mol. The van der Waals surface area contributed by atoms with Gasteiger partial charge in [0.25, 0.3) is 5.91 Å². The Morgan fingerprint density at radius 3 is 2.70 bits per heavy atom. The lowest BCUT2D eigenvalue weighted by Crippen LogP contribution is -2.14. The number of carbonyl (C=O) groups excluding carboxylic acids is 1. The fourth-order valence-corrected chi connectivity index (χ4v) is 2.82. The highest BCUT2D eigenvalue weighted by atomic mass is 32.1. The number of nitrogen functional groups attached to an aromatic ring is 1. The molecule has 1 amide bonds. The van der Waals surface area contributed by atoms with E-state index in [1.54, 1.807) is 18.2 Å². The van der Waals surface area contributed by atoms with Crippen LogP contribution < -0.4 is 16.8 Å². The Morgan fingerprint density at radius 1 is 1.15 bits per heavy atom. The zero-order chi connectivity index (χ0) is 14.1. The molecule has 3 aromatic rings. The molecule has 0 fully saturated rings. The summed E-state index contributed by atoms with van der Waals surface area (Å²) >= 11 is 1.49. The number of rotatable bonds is 3. The third-order valence-corrected chi connectivity index (χ3v) is 3.84. The van der Waals surface area contributed by atoms with Crippen molar-refractivity contribution in [3.05, 3.63) is 48.0 Å². The number of benzene rings is 2. The molecule has 6 heteroatoms. The number of hydrogen-bond donors (Lipinski definition) is 3. The van der Waals surface area contributed by atoms with Crippen LogP contribution in [-0.2, 0) is 0 Å². The van der Waals surface area contributed by atoms with E-state index in [1.807, 2.05) is 24.3 Å². The second-order valence-electron chi connectivity index (χ2n) is 4.25. The van der Waals surface area contributed by atoms with E-state index in [1.165, 1.54) is 11.3 Å². The highest BCUT2D eigenvalue weighted by Crippen LogP contribution is 2.32. The van der Waals surface area contributed by atoms with Crippen molar-refractivity contribution in [1.29, 1.82) is 0 Å². The van der Waals surface area contributed by atoms with Crippen LogP contribution in [0.4, 0.5) is 16.5 Å². The van der Waals surface area contributed by atoms with Gasteiger partial charge in [-0.3, -0.25) is 4.79 Å². The van der Waals surface area contributed by atoms with Gasteiger partial charge in [-0.25, -0.2) is 4.98 Å².